The molecular weight excluding hydrogens is 489 g/mol. The number of aliphatic hydroxyl groups excluding tert-OH is 1. The molecule has 0 bridgehead atoms. The van der Waals surface area contributed by atoms with E-state index in [1.165, 1.54) is 12.1 Å². The van der Waals surface area contributed by atoms with Crippen molar-refractivity contribution in [1.29, 1.82) is 0 Å². The molecule has 3 heterocycles. The molecule has 2 aromatic heterocycles. The summed E-state index contributed by atoms with van der Waals surface area (Å²) < 4.78 is 57.6. The van der Waals surface area contributed by atoms with Crippen LogP contribution in [-0.4, -0.2) is 57.6 Å². The molecule has 194 valence electrons. The number of β-amino-alcohol motifs (C(OH)–C–C–N with tert-alkyl or cyclic N) is 1. The Morgan fingerprint density at radius 1 is 1.03 bits per heavy atom. The van der Waals surface area contributed by atoms with Gasteiger partial charge in [0.2, 0.25) is 11.6 Å². The zero-order valence-electron chi connectivity index (χ0n) is 20.0. The van der Waals surface area contributed by atoms with E-state index in [4.69, 9.17) is 13.8 Å². The molecule has 4 aromatic rings. The van der Waals surface area contributed by atoms with Crippen LogP contribution in [0, 0.1) is 0 Å². The summed E-state index contributed by atoms with van der Waals surface area (Å²) in [7, 11) is 0. The normalized spacial score (nSPS) is 17.7. The topological polar surface area (TPSA) is 97.7 Å². The average Bonchev–Trinajstić information content (AvgIpc) is 3.57. The number of aliphatic hydroxyl groups is 1. The number of aromatic nitrogens is 3. The van der Waals surface area contributed by atoms with Crippen molar-refractivity contribution in [2.24, 2.45) is 0 Å². The standard InChI is InChI=1S/C26H25F3N4O4/c1-2-19-15-35-13-12-33(19)14-20(34)16-8-10-18(11-9-16)24-30-25(37-32-24)23-21(26(27,28)29)22(31-36-23)17-6-4-3-5-7-17/h3-11,19-20,34H,2,12-15H2,1H3. The van der Waals surface area contributed by atoms with Crippen molar-refractivity contribution < 1.29 is 32.1 Å². The number of rotatable bonds is 7. The van der Waals surface area contributed by atoms with E-state index in [0.29, 0.717) is 30.9 Å². The molecule has 5 rings (SSSR count). The maximum Gasteiger partial charge on any atom is 0.422 e. The lowest BCUT2D eigenvalue weighted by atomic mass is 10.0. The molecule has 0 aliphatic carbocycles. The van der Waals surface area contributed by atoms with Crippen molar-refractivity contribution in [3.05, 3.63) is 65.7 Å². The number of alkyl halides is 3. The van der Waals surface area contributed by atoms with E-state index in [0.717, 1.165) is 13.0 Å². The van der Waals surface area contributed by atoms with Gasteiger partial charge in [-0.2, -0.15) is 18.2 Å². The van der Waals surface area contributed by atoms with Crippen LogP contribution in [0.4, 0.5) is 13.2 Å². The molecule has 8 nitrogen and oxygen atoms in total. The van der Waals surface area contributed by atoms with E-state index in [1.54, 1.807) is 42.5 Å². The van der Waals surface area contributed by atoms with Crippen LogP contribution >= 0.6 is 0 Å². The number of nitrogens with zero attached hydrogens (tertiary/aromatic N) is 4. The van der Waals surface area contributed by atoms with Gasteiger partial charge >= 0.3 is 6.18 Å². The highest BCUT2D eigenvalue weighted by Gasteiger charge is 2.43. The van der Waals surface area contributed by atoms with Crippen LogP contribution in [0.2, 0.25) is 0 Å². The highest BCUT2D eigenvalue weighted by molar-refractivity contribution is 5.71. The third kappa shape index (κ3) is 5.29. The number of hydrogen-bond donors (Lipinski definition) is 1. The molecular formula is C26H25F3N4O4. The maximum absolute atomic E-state index is 14.0. The van der Waals surface area contributed by atoms with Gasteiger partial charge in [-0.1, -0.05) is 71.8 Å². The van der Waals surface area contributed by atoms with Gasteiger partial charge in [-0.25, -0.2) is 0 Å². The summed E-state index contributed by atoms with van der Waals surface area (Å²) in [5.74, 6) is -0.992. The Morgan fingerprint density at radius 2 is 1.78 bits per heavy atom. The Morgan fingerprint density at radius 3 is 2.49 bits per heavy atom. The van der Waals surface area contributed by atoms with Crippen LogP contribution in [0.5, 0.6) is 0 Å². The second-order valence-corrected chi connectivity index (χ2v) is 8.79. The molecule has 1 aliphatic rings. The Hall–Kier alpha value is -3.54. The molecule has 1 aliphatic heterocycles. The highest BCUT2D eigenvalue weighted by Crippen LogP contribution is 2.43. The fourth-order valence-corrected chi connectivity index (χ4v) is 4.41. The molecule has 1 N–H and O–H groups in total. The van der Waals surface area contributed by atoms with Crippen LogP contribution in [0.1, 0.15) is 30.6 Å². The molecule has 0 saturated carbocycles. The first-order chi connectivity index (χ1) is 17.8. The molecule has 1 fully saturated rings. The minimum absolute atomic E-state index is 0.0843. The number of morpholine rings is 1. The first-order valence-electron chi connectivity index (χ1n) is 11.9. The third-order valence-corrected chi connectivity index (χ3v) is 6.42. The summed E-state index contributed by atoms with van der Waals surface area (Å²) in [6.45, 7) is 4.61. The van der Waals surface area contributed by atoms with E-state index in [2.05, 4.69) is 27.1 Å². The fourth-order valence-electron chi connectivity index (χ4n) is 4.41. The predicted molar refractivity (Wildman–Crippen MR) is 127 cm³/mol. The van der Waals surface area contributed by atoms with Gasteiger partial charge in [-0.3, -0.25) is 4.90 Å². The third-order valence-electron chi connectivity index (χ3n) is 6.42. The van der Waals surface area contributed by atoms with Crippen molar-refractivity contribution in [3.63, 3.8) is 0 Å². The van der Waals surface area contributed by atoms with E-state index in [9.17, 15) is 18.3 Å². The van der Waals surface area contributed by atoms with E-state index < -0.39 is 29.5 Å². The monoisotopic (exact) mass is 514 g/mol. The second kappa shape index (κ2) is 10.4. The Kier molecular flexibility index (Phi) is 7.09. The van der Waals surface area contributed by atoms with E-state index in [-0.39, 0.29) is 23.1 Å². The zero-order valence-corrected chi connectivity index (χ0v) is 20.0. The van der Waals surface area contributed by atoms with E-state index in [1.807, 2.05) is 0 Å². The van der Waals surface area contributed by atoms with Crippen molar-refractivity contribution in [3.8, 4) is 34.3 Å². The first-order valence-corrected chi connectivity index (χ1v) is 11.9. The summed E-state index contributed by atoms with van der Waals surface area (Å²) in [6, 6.07) is 15.0. The zero-order chi connectivity index (χ0) is 26.0. The van der Waals surface area contributed by atoms with E-state index >= 15 is 0 Å². The number of halogens is 3. The maximum atomic E-state index is 14.0. The molecule has 2 atom stereocenters. The number of hydrogen-bond acceptors (Lipinski definition) is 8. The molecule has 0 radical (unpaired) electrons. The van der Waals surface area contributed by atoms with Gasteiger partial charge in [0.25, 0.3) is 5.89 Å². The SMILES string of the molecule is CCC1COCCN1CC(O)c1ccc(-c2noc(-c3onc(-c4ccccc4)c3C(F)(F)F)n2)cc1. The predicted octanol–water partition coefficient (Wildman–Crippen LogP) is 5.22. The van der Waals surface area contributed by atoms with Gasteiger partial charge in [-0.15, -0.1) is 0 Å². The van der Waals surface area contributed by atoms with Gasteiger partial charge < -0.3 is 18.9 Å². The molecule has 2 unspecified atom stereocenters. The lowest BCUT2D eigenvalue weighted by molar-refractivity contribution is -0.136. The Labute approximate surface area is 210 Å². The van der Waals surface area contributed by atoms with Gasteiger partial charge in [0.1, 0.15) is 11.3 Å². The van der Waals surface area contributed by atoms with Crippen molar-refractivity contribution in [2.45, 2.75) is 31.7 Å². The summed E-state index contributed by atoms with van der Waals surface area (Å²) in [4.78, 5) is 6.34. The molecule has 37 heavy (non-hydrogen) atoms. The number of benzene rings is 2. The van der Waals surface area contributed by atoms with Gasteiger partial charge in [-0.05, 0) is 12.0 Å². The second-order valence-electron chi connectivity index (χ2n) is 8.79. The van der Waals surface area contributed by atoms with Crippen LogP contribution in [0.15, 0.2) is 63.6 Å². The Bertz CT molecular complexity index is 1320. The van der Waals surface area contributed by atoms with Gasteiger partial charge in [0.15, 0.2) is 0 Å². The smallest absolute Gasteiger partial charge is 0.387 e. The van der Waals surface area contributed by atoms with Gasteiger partial charge in [0, 0.05) is 30.3 Å². The molecule has 2 aromatic carbocycles. The van der Waals surface area contributed by atoms with Crippen molar-refractivity contribution in [1.82, 2.24) is 20.2 Å². The summed E-state index contributed by atoms with van der Waals surface area (Å²) in [5.41, 5.74) is 0.0321. The largest absolute Gasteiger partial charge is 0.422 e. The van der Waals surface area contributed by atoms with Crippen LogP contribution in [0.3, 0.4) is 0 Å². The van der Waals surface area contributed by atoms with Crippen molar-refractivity contribution >= 4 is 0 Å². The Balaban J connectivity index is 1.36. The minimum atomic E-state index is -4.76. The van der Waals surface area contributed by atoms with Crippen LogP contribution < -0.4 is 0 Å². The minimum Gasteiger partial charge on any atom is -0.387 e. The van der Waals surface area contributed by atoms with Crippen molar-refractivity contribution in [2.75, 3.05) is 26.3 Å². The van der Waals surface area contributed by atoms with Gasteiger partial charge in [0.05, 0.1) is 19.3 Å². The average molecular weight is 515 g/mol. The van der Waals surface area contributed by atoms with Crippen LogP contribution in [-0.2, 0) is 10.9 Å². The highest BCUT2D eigenvalue weighted by atomic mass is 19.4. The summed E-state index contributed by atoms with van der Waals surface area (Å²) in [5, 5.41) is 18.2. The molecule has 1 saturated heterocycles. The summed E-state index contributed by atoms with van der Waals surface area (Å²) in [6.07, 6.45) is -4.54. The molecule has 0 spiro atoms. The summed E-state index contributed by atoms with van der Waals surface area (Å²) >= 11 is 0. The number of ether oxygens (including phenoxy) is 1. The lowest BCUT2D eigenvalue weighted by Crippen LogP contribution is -2.46. The first kappa shape index (κ1) is 25.1. The quantitative estimate of drug-likeness (QED) is 0.359. The fraction of sp³-hybridized carbons (Fsp3) is 0.346. The lowest BCUT2D eigenvalue weighted by Gasteiger charge is -2.36. The molecule has 0 amide bonds. The molecule has 11 heteroatoms. The van der Waals surface area contributed by atoms with Crippen LogP contribution in [0.25, 0.3) is 34.3 Å².